The van der Waals surface area contributed by atoms with Crippen LogP contribution in [-0.4, -0.2) is 43.6 Å². The number of carbonyl (C=O) groups excluding carboxylic acids is 2. The predicted octanol–water partition coefficient (Wildman–Crippen LogP) is 3.02. The van der Waals surface area contributed by atoms with Crippen LogP contribution in [0, 0.1) is 0 Å². The number of aryl methyl sites for hydroxylation is 1. The van der Waals surface area contributed by atoms with E-state index in [1.54, 1.807) is 0 Å². The first-order valence-corrected chi connectivity index (χ1v) is 8.75. The average Bonchev–Trinajstić information content (AvgIpc) is 3.09. The van der Waals surface area contributed by atoms with E-state index in [0.29, 0.717) is 0 Å². The molecule has 0 saturated heterocycles. The van der Waals surface area contributed by atoms with Gasteiger partial charge in [-0.1, -0.05) is 28.3 Å². The fourth-order valence-electron chi connectivity index (χ4n) is 2.29. The Labute approximate surface area is 177 Å². The molecule has 0 bridgehead atoms. The summed E-state index contributed by atoms with van der Waals surface area (Å²) in [5, 5.41) is 14.9. The van der Waals surface area contributed by atoms with E-state index >= 15 is 0 Å². The van der Waals surface area contributed by atoms with Crippen LogP contribution in [0.1, 0.15) is 20.7 Å². The van der Waals surface area contributed by atoms with Crippen molar-refractivity contribution in [1.29, 1.82) is 0 Å². The molecule has 0 radical (unpaired) electrons. The number of amides is 2. The van der Waals surface area contributed by atoms with Crippen LogP contribution in [0.3, 0.4) is 0 Å². The summed E-state index contributed by atoms with van der Waals surface area (Å²) in [7, 11) is 1.49. The summed E-state index contributed by atoms with van der Waals surface area (Å²) in [6.45, 7) is -3.20. The molecule has 0 aliphatic rings. The maximum atomic E-state index is 12.8. The molecule has 0 saturated carbocycles. The summed E-state index contributed by atoms with van der Waals surface area (Å²) >= 11 is 12.2. The number of carbonyl (C=O) groups is 2. The lowest BCUT2D eigenvalue weighted by Crippen LogP contribution is -2.19. The van der Waals surface area contributed by atoms with Crippen molar-refractivity contribution in [3.63, 3.8) is 0 Å². The molecule has 3 aromatic rings. The molecule has 0 aliphatic heterocycles. The number of nitrogens with zero attached hydrogens (tertiary/aromatic N) is 5. The molecule has 10 nitrogen and oxygen atoms in total. The highest BCUT2D eigenvalue weighted by Gasteiger charge is 2.23. The number of tetrazole rings is 1. The second kappa shape index (κ2) is 8.97. The lowest BCUT2D eigenvalue weighted by Gasteiger charge is -2.16. The zero-order valence-electron chi connectivity index (χ0n) is 14.9. The molecule has 0 fully saturated rings. The van der Waals surface area contributed by atoms with Crippen molar-refractivity contribution >= 4 is 46.7 Å². The van der Waals surface area contributed by atoms with Gasteiger partial charge in [-0.25, -0.2) is 4.68 Å². The minimum Gasteiger partial charge on any atom is -0.433 e. The normalized spacial score (nSPS) is 10.7. The zero-order chi connectivity index (χ0) is 21.8. The Kier molecular flexibility index (Phi) is 6.37. The summed E-state index contributed by atoms with van der Waals surface area (Å²) in [6, 6.07) is 3.52. The van der Waals surface area contributed by atoms with Crippen molar-refractivity contribution in [2.45, 2.75) is 6.61 Å². The Morgan fingerprint density at radius 2 is 1.87 bits per heavy atom. The Morgan fingerprint density at radius 3 is 2.50 bits per heavy atom. The van der Waals surface area contributed by atoms with E-state index in [1.807, 2.05) is 0 Å². The van der Waals surface area contributed by atoms with Crippen LogP contribution >= 0.6 is 23.2 Å². The fraction of sp³-hybridized carbons (Fsp3) is 0.125. The Bertz CT molecular complexity index is 1110. The molecule has 2 amide bonds. The van der Waals surface area contributed by atoms with Crippen LogP contribution in [0.25, 0.3) is 0 Å². The molecule has 2 N–H and O–H groups in total. The minimum absolute atomic E-state index is 0.00532. The average molecular weight is 458 g/mol. The second-order valence-electron chi connectivity index (χ2n) is 5.57. The van der Waals surface area contributed by atoms with Crippen LogP contribution in [0.5, 0.6) is 5.75 Å². The molecule has 2 heterocycles. The van der Waals surface area contributed by atoms with Gasteiger partial charge in [0.2, 0.25) is 5.95 Å². The van der Waals surface area contributed by atoms with Crippen LogP contribution < -0.4 is 15.4 Å². The smallest absolute Gasteiger partial charge is 0.387 e. The number of hydrogen-bond donors (Lipinski definition) is 2. The topological polar surface area (TPSA) is 124 Å². The van der Waals surface area contributed by atoms with E-state index < -0.39 is 24.2 Å². The Hall–Kier alpha value is -3.38. The molecule has 156 valence electrons. The second-order valence-corrected chi connectivity index (χ2v) is 6.35. The number of pyridine rings is 1. The third kappa shape index (κ3) is 4.60. The molecule has 1 aromatic carbocycles. The number of rotatable bonds is 6. The van der Waals surface area contributed by atoms with E-state index in [9.17, 15) is 18.4 Å². The monoisotopic (exact) mass is 457 g/mol. The molecule has 2 aromatic heterocycles. The maximum absolute atomic E-state index is 12.8. The molecular weight excluding hydrogens is 447 g/mol. The highest BCUT2D eigenvalue weighted by Crippen LogP contribution is 2.37. The number of aromatic nitrogens is 5. The zero-order valence-corrected chi connectivity index (χ0v) is 16.4. The van der Waals surface area contributed by atoms with Gasteiger partial charge in [0.15, 0.2) is 5.75 Å². The third-order valence-electron chi connectivity index (χ3n) is 3.67. The van der Waals surface area contributed by atoms with Crippen molar-refractivity contribution in [3.05, 3.63) is 51.8 Å². The first-order chi connectivity index (χ1) is 14.3. The number of anilines is 2. The summed E-state index contributed by atoms with van der Waals surface area (Å²) in [5.74, 6) is -1.97. The summed E-state index contributed by atoms with van der Waals surface area (Å²) in [4.78, 5) is 28.9. The number of alkyl halides is 2. The van der Waals surface area contributed by atoms with Gasteiger partial charge in [-0.2, -0.15) is 8.78 Å². The molecule has 14 heteroatoms. The first-order valence-electron chi connectivity index (χ1n) is 7.99. The third-order valence-corrected chi connectivity index (χ3v) is 4.36. The summed E-state index contributed by atoms with van der Waals surface area (Å²) in [6.07, 6.45) is 2.55. The van der Waals surface area contributed by atoms with Crippen molar-refractivity contribution in [3.8, 4) is 5.75 Å². The maximum Gasteiger partial charge on any atom is 0.387 e. The van der Waals surface area contributed by atoms with Gasteiger partial charge < -0.3 is 10.1 Å². The van der Waals surface area contributed by atoms with Crippen LogP contribution in [-0.2, 0) is 7.05 Å². The lowest BCUT2D eigenvalue weighted by molar-refractivity contribution is -0.0493. The van der Waals surface area contributed by atoms with E-state index in [-0.39, 0.29) is 32.8 Å². The van der Waals surface area contributed by atoms with Crippen molar-refractivity contribution in [2.24, 2.45) is 7.05 Å². The highest BCUT2D eigenvalue weighted by atomic mass is 35.5. The number of hydrogen-bond acceptors (Lipinski definition) is 7. The SMILES string of the molecule is Cn1nnnc1NC(=O)c1ccc(OC(F)F)c(NC(=O)c2ccncc2Cl)c1Cl. The standard InChI is InChI=1S/C16H11Cl2F2N7O3/c1-27-16(24-25-26-27)23-14(29)8-2-3-10(30-15(19)20)12(11(8)18)22-13(28)7-4-5-21-6-9(7)17/h2-6,15H,1H3,(H,22,28)(H,23,24,26,29). The molecule has 3 rings (SSSR count). The molecule has 0 atom stereocenters. The van der Waals surface area contributed by atoms with E-state index in [0.717, 1.165) is 12.1 Å². The summed E-state index contributed by atoms with van der Waals surface area (Å²) < 4.78 is 31.2. The van der Waals surface area contributed by atoms with Gasteiger partial charge in [-0.15, -0.1) is 0 Å². The van der Waals surface area contributed by atoms with Gasteiger partial charge in [0, 0.05) is 19.4 Å². The number of halogens is 4. The quantitative estimate of drug-likeness (QED) is 0.582. The fourth-order valence-corrected chi connectivity index (χ4v) is 2.78. The molecule has 0 unspecified atom stereocenters. The van der Waals surface area contributed by atoms with Crippen LogP contribution in [0.15, 0.2) is 30.6 Å². The molecule has 0 aliphatic carbocycles. The minimum atomic E-state index is -3.20. The molecular formula is C16H11Cl2F2N7O3. The Balaban J connectivity index is 1.97. The molecule has 0 spiro atoms. The van der Waals surface area contributed by atoms with E-state index in [4.69, 9.17) is 23.2 Å². The number of ether oxygens (including phenoxy) is 1. The number of benzene rings is 1. The van der Waals surface area contributed by atoms with Crippen LogP contribution in [0.4, 0.5) is 20.4 Å². The summed E-state index contributed by atoms with van der Waals surface area (Å²) in [5.41, 5.74) is -0.498. The van der Waals surface area contributed by atoms with E-state index in [1.165, 1.54) is 30.2 Å². The van der Waals surface area contributed by atoms with Crippen molar-refractivity contribution < 1.29 is 23.1 Å². The number of nitrogens with one attached hydrogen (secondary N) is 2. The predicted molar refractivity (Wildman–Crippen MR) is 102 cm³/mol. The van der Waals surface area contributed by atoms with Gasteiger partial charge in [-0.3, -0.25) is 19.9 Å². The van der Waals surface area contributed by atoms with Gasteiger partial charge in [0.25, 0.3) is 11.8 Å². The molecule has 30 heavy (non-hydrogen) atoms. The van der Waals surface area contributed by atoms with Crippen molar-refractivity contribution in [1.82, 2.24) is 25.2 Å². The van der Waals surface area contributed by atoms with Crippen LogP contribution in [0.2, 0.25) is 10.0 Å². The van der Waals surface area contributed by atoms with Gasteiger partial charge in [-0.05, 0) is 28.6 Å². The largest absolute Gasteiger partial charge is 0.433 e. The van der Waals surface area contributed by atoms with Gasteiger partial charge in [0.1, 0.15) is 5.69 Å². The highest BCUT2D eigenvalue weighted by molar-refractivity contribution is 6.38. The van der Waals surface area contributed by atoms with Gasteiger partial charge in [0.05, 0.1) is 21.2 Å². The lowest BCUT2D eigenvalue weighted by atomic mass is 10.1. The van der Waals surface area contributed by atoms with Gasteiger partial charge >= 0.3 is 6.61 Å². The first kappa shape index (κ1) is 21.3. The van der Waals surface area contributed by atoms with E-state index in [2.05, 4.69) is 35.9 Å². The Morgan fingerprint density at radius 1 is 1.13 bits per heavy atom. The van der Waals surface area contributed by atoms with Crippen molar-refractivity contribution in [2.75, 3.05) is 10.6 Å².